The number of fused-ring (bicyclic) bond motifs is 1. The number of hydrogen-bond donors (Lipinski definition) is 2. The first-order valence-corrected chi connectivity index (χ1v) is 8.34. The van der Waals surface area contributed by atoms with Crippen LogP contribution in [0.2, 0.25) is 0 Å². The first-order chi connectivity index (χ1) is 10.1. The van der Waals surface area contributed by atoms with Crippen LogP contribution in [0.3, 0.4) is 0 Å². The third kappa shape index (κ3) is 2.62. The number of aryl methyl sites for hydroxylation is 1. The number of hydrogen-bond acceptors (Lipinski definition) is 4. The van der Waals surface area contributed by atoms with E-state index in [9.17, 15) is 4.79 Å². The zero-order valence-corrected chi connectivity index (χ0v) is 13.3. The molecule has 1 aliphatic rings. The summed E-state index contributed by atoms with van der Waals surface area (Å²) in [5, 5.41) is 4.09. The molecule has 0 aromatic carbocycles. The summed E-state index contributed by atoms with van der Waals surface area (Å²) < 4.78 is 0. The number of nitrogens with one attached hydrogen (secondary N) is 1. The van der Waals surface area contributed by atoms with Gasteiger partial charge in [-0.15, -0.1) is 11.3 Å². The molecule has 4 nitrogen and oxygen atoms in total. The molecule has 21 heavy (non-hydrogen) atoms. The van der Waals surface area contributed by atoms with Crippen molar-refractivity contribution in [2.45, 2.75) is 45.6 Å². The van der Waals surface area contributed by atoms with Gasteiger partial charge in [0.2, 0.25) is 0 Å². The normalized spacial score (nSPS) is 22.4. The minimum absolute atomic E-state index is 0.0475. The minimum atomic E-state index is -0.0475. The van der Waals surface area contributed by atoms with Crippen molar-refractivity contribution in [1.29, 1.82) is 0 Å². The molecule has 3 rings (SSSR count). The number of rotatable bonds is 2. The molecule has 2 unspecified atom stereocenters. The first-order valence-electron chi connectivity index (χ1n) is 7.52. The van der Waals surface area contributed by atoms with Crippen molar-refractivity contribution in [1.82, 2.24) is 10.3 Å². The smallest absolute Gasteiger partial charge is 0.263 e. The summed E-state index contributed by atoms with van der Waals surface area (Å²) in [4.78, 5) is 18.3. The third-order valence-electron chi connectivity index (χ3n) is 4.47. The Morgan fingerprint density at radius 3 is 2.90 bits per heavy atom. The number of carbonyl (C=O) groups excluding carboxylic acids is 1. The van der Waals surface area contributed by atoms with Gasteiger partial charge in [0.05, 0.1) is 5.69 Å². The third-order valence-corrected chi connectivity index (χ3v) is 5.58. The van der Waals surface area contributed by atoms with Crippen molar-refractivity contribution in [2.75, 3.05) is 5.73 Å². The summed E-state index contributed by atoms with van der Waals surface area (Å²) in [6, 6.07) is 2.20. The van der Waals surface area contributed by atoms with Gasteiger partial charge in [0.15, 0.2) is 0 Å². The number of pyridine rings is 1. The van der Waals surface area contributed by atoms with Crippen LogP contribution in [0.15, 0.2) is 12.3 Å². The summed E-state index contributed by atoms with van der Waals surface area (Å²) in [6.07, 6.45) is 6.47. The van der Waals surface area contributed by atoms with E-state index < -0.39 is 0 Å². The highest BCUT2D eigenvalue weighted by atomic mass is 32.1. The number of anilines is 1. The lowest BCUT2D eigenvalue weighted by Gasteiger charge is -2.29. The fourth-order valence-corrected chi connectivity index (χ4v) is 4.18. The SMILES string of the molecule is Cc1ccnc2sc(C(=O)NC3CCCCC3C)c(N)c12. The molecule has 0 bridgehead atoms. The lowest BCUT2D eigenvalue weighted by molar-refractivity contribution is 0.0915. The van der Waals surface area contributed by atoms with Crippen LogP contribution in [0.25, 0.3) is 10.2 Å². The first kappa shape index (κ1) is 14.3. The summed E-state index contributed by atoms with van der Waals surface area (Å²) in [6.45, 7) is 4.21. The highest BCUT2D eigenvalue weighted by Crippen LogP contribution is 2.34. The fourth-order valence-electron chi connectivity index (χ4n) is 3.14. The topological polar surface area (TPSA) is 68.0 Å². The number of nitrogens with two attached hydrogens (primary N) is 1. The molecule has 1 fully saturated rings. The largest absolute Gasteiger partial charge is 0.397 e. The number of carbonyl (C=O) groups is 1. The Balaban J connectivity index is 1.88. The lowest BCUT2D eigenvalue weighted by Crippen LogP contribution is -2.40. The van der Waals surface area contributed by atoms with Crippen molar-refractivity contribution in [3.05, 3.63) is 22.7 Å². The molecule has 1 amide bonds. The second kappa shape index (κ2) is 5.64. The van der Waals surface area contributed by atoms with Gasteiger partial charge >= 0.3 is 0 Å². The molecule has 2 atom stereocenters. The van der Waals surface area contributed by atoms with E-state index in [1.54, 1.807) is 6.20 Å². The maximum absolute atomic E-state index is 12.6. The second-order valence-corrected chi connectivity index (χ2v) is 6.99. The summed E-state index contributed by atoms with van der Waals surface area (Å²) in [5.74, 6) is 0.492. The predicted octanol–water partition coefficient (Wildman–Crippen LogP) is 3.50. The molecule has 2 heterocycles. The molecule has 2 aromatic heterocycles. The van der Waals surface area contributed by atoms with E-state index in [1.807, 2.05) is 13.0 Å². The van der Waals surface area contributed by atoms with Gasteiger partial charge in [0, 0.05) is 17.6 Å². The minimum Gasteiger partial charge on any atom is -0.397 e. The molecule has 3 N–H and O–H groups in total. The summed E-state index contributed by atoms with van der Waals surface area (Å²) in [5.41, 5.74) is 7.83. The van der Waals surface area contributed by atoms with Crippen LogP contribution in [-0.4, -0.2) is 16.9 Å². The molecule has 1 saturated carbocycles. The zero-order chi connectivity index (χ0) is 15.0. The monoisotopic (exact) mass is 303 g/mol. The maximum Gasteiger partial charge on any atom is 0.263 e. The summed E-state index contributed by atoms with van der Waals surface area (Å²) >= 11 is 1.39. The Bertz CT molecular complexity index is 679. The second-order valence-electron chi connectivity index (χ2n) is 5.99. The van der Waals surface area contributed by atoms with Gasteiger partial charge < -0.3 is 11.1 Å². The highest BCUT2D eigenvalue weighted by Gasteiger charge is 2.25. The van der Waals surface area contributed by atoms with Crippen LogP contribution >= 0.6 is 11.3 Å². The van der Waals surface area contributed by atoms with E-state index in [2.05, 4.69) is 17.2 Å². The van der Waals surface area contributed by atoms with Crippen LogP contribution in [0.1, 0.15) is 47.8 Å². The van der Waals surface area contributed by atoms with Gasteiger partial charge in [0.25, 0.3) is 5.91 Å². The van der Waals surface area contributed by atoms with Gasteiger partial charge in [-0.1, -0.05) is 19.8 Å². The molecule has 0 radical (unpaired) electrons. The Morgan fingerprint density at radius 1 is 1.43 bits per heavy atom. The van der Waals surface area contributed by atoms with Crippen molar-refractivity contribution in [2.24, 2.45) is 5.92 Å². The number of thiophene rings is 1. The lowest BCUT2D eigenvalue weighted by atomic mass is 9.86. The molecule has 0 saturated heterocycles. The van der Waals surface area contributed by atoms with Gasteiger partial charge in [-0.3, -0.25) is 4.79 Å². The Morgan fingerprint density at radius 2 is 2.19 bits per heavy atom. The highest BCUT2D eigenvalue weighted by molar-refractivity contribution is 7.21. The van der Waals surface area contributed by atoms with Crippen molar-refractivity contribution in [3.63, 3.8) is 0 Å². The van der Waals surface area contributed by atoms with E-state index in [-0.39, 0.29) is 11.9 Å². The van der Waals surface area contributed by atoms with Gasteiger partial charge in [-0.2, -0.15) is 0 Å². The van der Waals surface area contributed by atoms with Crippen LogP contribution in [0, 0.1) is 12.8 Å². The molecule has 0 spiro atoms. The number of aromatic nitrogens is 1. The molecule has 112 valence electrons. The average molecular weight is 303 g/mol. The van der Waals surface area contributed by atoms with Gasteiger partial charge in [-0.25, -0.2) is 4.98 Å². The van der Waals surface area contributed by atoms with Crippen molar-refractivity contribution >= 4 is 33.1 Å². The maximum atomic E-state index is 12.6. The molecule has 5 heteroatoms. The Labute approximate surface area is 128 Å². The van der Waals surface area contributed by atoms with Crippen LogP contribution in [-0.2, 0) is 0 Å². The van der Waals surface area contributed by atoms with Crippen molar-refractivity contribution in [3.8, 4) is 0 Å². The predicted molar refractivity (Wildman–Crippen MR) is 87.7 cm³/mol. The number of amides is 1. The van der Waals surface area contributed by atoms with E-state index in [0.29, 0.717) is 16.5 Å². The number of nitrogens with zero attached hydrogens (tertiary/aromatic N) is 1. The molecule has 1 aliphatic carbocycles. The molecule has 2 aromatic rings. The van der Waals surface area contributed by atoms with E-state index in [1.165, 1.54) is 30.6 Å². The van der Waals surface area contributed by atoms with Gasteiger partial charge in [0.1, 0.15) is 9.71 Å². The zero-order valence-electron chi connectivity index (χ0n) is 12.5. The average Bonchev–Trinajstić information content (AvgIpc) is 2.80. The van der Waals surface area contributed by atoms with E-state index in [0.717, 1.165) is 22.2 Å². The quantitative estimate of drug-likeness (QED) is 0.892. The van der Waals surface area contributed by atoms with Crippen LogP contribution in [0.5, 0.6) is 0 Å². The molecular formula is C16H21N3OS. The fraction of sp³-hybridized carbons (Fsp3) is 0.500. The molecular weight excluding hydrogens is 282 g/mol. The van der Waals surface area contributed by atoms with Gasteiger partial charge in [-0.05, 0) is 37.3 Å². The standard InChI is InChI=1S/C16H21N3OS/c1-9-5-3-4-6-11(9)19-15(20)14-13(17)12-10(2)7-8-18-16(12)21-14/h7-9,11H,3-6,17H2,1-2H3,(H,19,20). The van der Waals surface area contributed by atoms with E-state index >= 15 is 0 Å². The van der Waals surface area contributed by atoms with Crippen LogP contribution in [0.4, 0.5) is 5.69 Å². The summed E-state index contributed by atoms with van der Waals surface area (Å²) in [7, 11) is 0. The van der Waals surface area contributed by atoms with E-state index in [4.69, 9.17) is 5.73 Å². The number of nitrogen functional groups attached to an aromatic ring is 1. The van der Waals surface area contributed by atoms with Crippen molar-refractivity contribution < 1.29 is 4.79 Å². The molecule has 0 aliphatic heterocycles. The Hall–Kier alpha value is -1.62. The Kier molecular flexibility index (Phi) is 3.85. The van der Waals surface area contributed by atoms with Crippen LogP contribution < -0.4 is 11.1 Å².